The zero-order chi connectivity index (χ0) is 16.9. The van der Waals surface area contributed by atoms with Crippen molar-refractivity contribution in [2.45, 2.75) is 19.5 Å². The van der Waals surface area contributed by atoms with E-state index in [0.717, 1.165) is 34.9 Å². The minimum atomic E-state index is 0. The summed E-state index contributed by atoms with van der Waals surface area (Å²) in [5, 5.41) is 7.61. The van der Waals surface area contributed by atoms with E-state index in [9.17, 15) is 0 Å². The van der Waals surface area contributed by atoms with Crippen LogP contribution < -0.4 is 14.8 Å². The van der Waals surface area contributed by atoms with Gasteiger partial charge in [-0.3, -0.25) is 0 Å². The van der Waals surface area contributed by atoms with Crippen LogP contribution in [0.5, 0.6) is 11.5 Å². The third-order valence-electron chi connectivity index (χ3n) is 3.99. The van der Waals surface area contributed by atoms with Gasteiger partial charge in [-0.25, -0.2) is 14.6 Å². The fourth-order valence-corrected chi connectivity index (χ4v) is 2.82. The number of ether oxygens (including phenoxy) is 2. The lowest BCUT2D eigenvalue weighted by molar-refractivity contribution is 0.296. The van der Waals surface area contributed by atoms with Gasteiger partial charge in [-0.05, 0) is 12.1 Å². The maximum atomic E-state index is 5.87. The van der Waals surface area contributed by atoms with E-state index in [0.29, 0.717) is 26.3 Å². The lowest BCUT2D eigenvalue weighted by atomic mass is 10.1. The van der Waals surface area contributed by atoms with E-state index >= 15 is 0 Å². The average molecular weight is 374 g/mol. The smallest absolute Gasteiger partial charge is 0.165 e. The molecule has 1 aromatic carbocycles. The lowest BCUT2D eigenvalue weighted by Gasteiger charge is -2.14. The van der Waals surface area contributed by atoms with Gasteiger partial charge in [0.1, 0.15) is 12.7 Å². The van der Waals surface area contributed by atoms with Gasteiger partial charge in [0.25, 0.3) is 0 Å². The van der Waals surface area contributed by atoms with Gasteiger partial charge < -0.3 is 14.8 Å². The molecule has 0 bridgehead atoms. The van der Waals surface area contributed by atoms with E-state index in [2.05, 4.69) is 26.4 Å². The molecule has 0 atom stereocenters. The Hall–Kier alpha value is -2.64. The zero-order valence-corrected chi connectivity index (χ0v) is 15.0. The van der Waals surface area contributed by atoms with Crippen molar-refractivity contribution in [2.24, 2.45) is 0 Å². The molecule has 136 valence electrons. The maximum absolute atomic E-state index is 5.87. The Morgan fingerprint density at radius 1 is 1.04 bits per heavy atom. The van der Waals surface area contributed by atoms with Crippen molar-refractivity contribution in [1.82, 2.24) is 25.1 Å². The van der Waals surface area contributed by atoms with E-state index in [1.54, 1.807) is 17.2 Å². The first-order valence-corrected chi connectivity index (χ1v) is 8.29. The number of nitrogens with one attached hydrogen (secondary N) is 1. The number of fused-ring (bicyclic) bond motifs is 1. The van der Waals surface area contributed by atoms with Crippen LogP contribution in [0.25, 0.3) is 5.82 Å². The number of hydrogen-bond donors (Lipinski definition) is 1. The van der Waals surface area contributed by atoms with Crippen molar-refractivity contribution >= 4 is 12.4 Å². The number of benzene rings is 1. The summed E-state index contributed by atoms with van der Waals surface area (Å²) in [6.07, 6.45) is 5.80. The highest BCUT2D eigenvalue weighted by Crippen LogP contribution is 2.33. The Labute approximate surface area is 157 Å². The molecule has 2 aromatic heterocycles. The molecular weight excluding hydrogens is 354 g/mol. The quantitative estimate of drug-likeness (QED) is 0.740. The number of hydrogen-bond acceptors (Lipinski definition) is 6. The highest BCUT2D eigenvalue weighted by molar-refractivity contribution is 5.85. The Kier molecular flexibility index (Phi) is 6.04. The van der Waals surface area contributed by atoms with Gasteiger partial charge in [-0.1, -0.05) is 18.2 Å². The standard InChI is InChI=1S/C18H19N5O2.ClH/c1-4-14(17-16(6-1)24-8-3-9-25-17)10-19-11-15-5-2-7-21-18(15)23-13-20-12-22-23;/h1-2,4-7,12-13,19H,3,8-11H2;1H. The average Bonchev–Trinajstić information content (AvgIpc) is 3.07. The van der Waals surface area contributed by atoms with E-state index < -0.39 is 0 Å². The van der Waals surface area contributed by atoms with Gasteiger partial charge >= 0.3 is 0 Å². The summed E-state index contributed by atoms with van der Waals surface area (Å²) in [5.41, 5.74) is 2.14. The van der Waals surface area contributed by atoms with E-state index in [1.807, 2.05) is 24.3 Å². The normalized spacial score (nSPS) is 12.9. The molecule has 0 unspecified atom stereocenters. The summed E-state index contributed by atoms with van der Waals surface area (Å²) >= 11 is 0. The van der Waals surface area contributed by atoms with Crippen LogP contribution in [0.4, 0.5) is 0 Å². The molecule has 8 heteroatoms. The molecule has 0 spiro atoms. The summed E-state index contributed by atoms with van der Waals surface area (Å²) in [4.78, 5) is 8.39. The van der Waals surface area contributed by atoms with Gasteiger partial charge in [-0.15, -0.1) is 12.4 Å². The number of nitrogens with zero attached hydrogens (tertiary/aromatic N) is 4. The fourth-order valence-electron chi connectivity index (χ4n) is 2.82. The number of halogens is 1. The SMILES string of the molecule is Cl.c1cnc(-n2cncn2)c(CNCc2cccc3c2OCCCO3)c1. The third kappa shape index (κ3) is 3.95. The van der Waals surface area contributed by atoms with Crippen molar-refractivity contribution in [3.63, 3.8) is 0 Å². The molecule has 0 aliphatic carbocycles. The molecule has 1 aliphatic rings. The molecule has 0 radical (unpaired) electrons. The Balaban J connectivity index is 0.00000196. The van der Waals surface area contributed by atoms with E-state index in [4.69, 9.17) is 9.47 Å². The first-order valence-electron chi connectivity index (χ1n) is 8.29. The largest absolute Gasteiger partial charge is 0.490 e. The molecule has 3 aromatic rings. The minimum Gasteiger partial charge on any atom is -0.490 e. The van der Waals surface area contributed by atoms with Gasteiger partial charge in [0.15, 0.2) is 17.3 Å². The van der Waals surface area contributed by atoms with Crippen molar-refractivity contribution in [3.05, 3.63) is 60.3 Å². The van der Waals surface area contributed by atoms with Crippen molar-refractivity contribution in [1.29, 1.82) is 0 Å². The van der Waals surface area contributed by atoms with Crippen LogP contribution in [0.15, 0.2) is 49.2 Å². The Morgan fingerprint density at radius 3 is 2.77 bits per heavy atom. The number of rotatable bonds is 5. The lowest BCUT2D eigenvalue weighted by Crippen LogP contribution is -2.16. The van der Waals surface area contributed by atoms with Crippen molar-refractivity contribution < 1.29 is 9.47 Å². The van der Waals surface area contributed by atoms with Crippen LogP contribution in [-0.2, 0) is 13.1 Å². The van der Waals surface area contributed by atoms with E-state index in [-0.39, 0.29) is 12.4 Å². The third-order valence-corrected chi connectivity index (χ3v) is 3.99. The number of pyridine rings is 1. The molecule has 1 aliphatic heterocycles. The monoisotopic (exact) mass is 373 g/mol. The van der Waals surface area contributed by atoms with Gasteiger partial charge in [-0.2, -0.15) is 5.10 Å². The topological polar surface area (TPSA) is 74.1 Å². The fraction of sp³-hybridized carbons (Fsp3) is 0.278. The van der Waals surface area contributed by atoms with Crippen LogP contribution >= 0.6 is 12.4 Å². The molecule has 0 saturated carbocycles. The summed E-state index contributed by atoms with van der Waals surface area (Å²) in [7, 11) is 0. The molecule has 0 amide bonds. The van der Waals surface area contributed by atoms with Crippen LogP contribution in [0, 0.1) is 0 Å². The summed E-state index contributed by atoms with van der Waals surface area (Å²) in [6, 6.07) is 9.96. The molecular formula is C18H20ClN5O2. The first-order chi connectivity index (χ1) is 12.4. The molecule has 3 heterocycles. The summed E-state index contributed by atoms with van der Waals surface area (Å²) < 4.78 is 13.3. The summed E-state index contributed by atoms with van der Waals surface area (Å²) in [5.74, 6) is 2.44. The predicted octanol–water partition coefficient (Wildman–Crippen LogP) is 2.54. The van der Waals surface area contributed by atoms with Gasteiger partial charge in [0.2, 0.25) is 0 Å². The van der Waals surface area contributed by atoms with E-state index in [1.165, 1.54) is 6.33 Å². The minimum absolute atomic E-state index is 0. The van der Waals surface area contributed by atoms with Crippen LogP contribution in [0.1, 0.15) is 17.5 Å². The number of para-hydroxylation sites is 1. The molecule has 0 saturated heterocycles. The van der Waals surface area contributed by atoms with Gasteiger partial charge in [0.05, 0.1) is 13.2 Å². The van der Waals surface area contributed by atoms with Crippen LogP contribution in [0.2, 0.25) is 0 Å². The highest BCUT2D eigenvalue weighted by Gasteiger charge is 2.14. The highest BCUT2D eigenvalue weighted by atomic mass is 35.5. The Morgan fingerprint density at radius 2 is 1.88 bits per heavy atom. The maximum Gasteiger partial charge on any atom is 0.165 e. The zero-order valence-electron chi connectivity index (χ0n) is 14.2. The van der Waals surface area contributed by atoms with Crippen molar-refractivity contribution in [3.8, 4) is 17.3 Å². The Bertz CT molecular complexity index is 841. The second kappa shape index (κ2) is 8.64. The molecule has 1 N–H and O–H groups in total. The molecule has 7 nitrogen and oxygen atoms in total. The predicted molar refractivity (Wildman–Crippen MR) is 99.0 cm³/mol. The first kappa shape index (κ1) is 18.2. The second-order valence-corrected chi connectivity index (χ2v) is 5.72. The molecule has 0 fully saturated rings. The van der Waals surface area contributed by atoms with Gasteiger partial charge in [0, 0.05) is 36.8 Å². The van der Waals surface area contributed by atoms with Crippen LogP contribution in [0.3, 0.4) is 0 Å². The second-order valence-electron chi connectivity index (χ2n) is 5.72. The van der Waals surface area contributed by atoms with Crippen molar-refractivity contribution in [2.75, 3.05) is 13.2 Å². The summed E-state index contributed by atoms with van der Waals surface area (Å²) in [6.45, 7) is 2.72. The molecule has 4 rings (SSSR count). The van der Waals surface area contributed by atoms with Crippen LogP contribution in [-0.4, -0.2) is 33.0 Å². The number of aromatic nitrogens is 4. The molecule has 26 heavy (non-hydrogen) atoms.